The van der Waals surface area contributed by atoms with Gasteiger partial charge in [0.15, 0.2) is 0 Å². The number of nitrogens with one attached hydrogen (secondary N) is 2. The second-order valence-corrected chi connectivity index (χ2v) is 5.50. The predicted octanol–water partition coefficient (Wildman–Crippen LogP) is 2.66. The lowest BCUT2D eigenvalue weighted by atomic mass is 9.80. The van der Waals surface area contributed by atoms with Gasteiger partial charge in [-0.15, -0.1) is 0 Å². The zero-order valence-corrected chi connectivity index (χ0v) is 10.3. The van der Waals surface area contributed by atoms with E-state index < -0.39 is 0 Å². The predicted molar refractivity (Wildman–Crippen MR) is 65.3 cm³/mol. The summed E-state index contributed by atoms with van der Waals surface area (Å²) in [6.45, 7) is 3.18. The highest BCUT2D eigenvalue weighted by Gasteiger charge is 2.23. The molecule has 0 heterocycles. The van der Waals surface area contributed by atoms with Gasteiger partial charge in [0.05, 0.1) is 0 Å². The van der Waals surface area contributed by atoms with Crippen LogP contribution >= 0.6 is 0 Å². The van der Waals surface area contributed by atoms with Gasteiger partial charge in [0.25, 0.3) is 0 Å². The van der Waals surface area contributed by atoms with Gasteiger partial charge in [-0.25, -0.2) is 4.79 Å². The van der Waals surface area contributed by atoms with E-state index in [1.54, 1.807) is 0 Å². The number of amides is 2. The van der Waals surface area contributed by atoms with E-state index in [0.717, 1.165) is 25.3 Å². The zero-order chi connectivity index (χ0) is 11.4. The number of hydrogen-bond acceptors (Lipinski definition) is 1. The summed E-state index contributed by atoms with van der Waals surface area (Å²) in [5, 5.41) is 6.05. The van der Waals surface area contributed by atoms with E-state index in [9.17, 15) is 4.79 Å². The summed E-state index contributed by atoms with van der Waals surface area (Å²) in [6, 6.07) is 0.492. The first-order valence-corrected chi connectivity index (χ1v) is 6.80. The molecule has 0 bridgehead atoms. The fourth-order valence-corrected chi connectivity index (χ4v) is 2.71. The first-order chi connectivity index (χ1) is 7.75. The molecule has 2 unspecified atom stereocenters. The van der Waals surface area contributed by atoms with Crippen LogP contribution in [0.2, 0.25) is 0 Å². The molecule has 0 aromatic rings. The first kappa shape index (κ1) is 11.7. The van der Waals surface area contributed by atoms with Gasteiger partial charge >= 0.3 is 6.03 Å². The lowest BCUT2D eigenvalue weighted by Gasteiger charge is -2.30. The van der Waals surface area contributed by atoms with E-state index in [1.807, 2.05) is 0 Å². The summed E-state index contributed by atoms with van der Waals surface area (Å²) in [7, 11) is 0. The van der Waals surface area contributed by atoms with Crippen LogP contribution in [0, 0.1) is 11.8 Å². The average Bonchev–Trinajstić information content (AvgIpc) is 2.22. The van der Waals surface area contributed by atoms with Crippen molar-refractivity contribution >= 4 is 6.03 Å². The molecule has 0 saturated heterocycles. The van der Waals surface area contributed by atoms with E-state index in [-0.39, 0.29) is 6.03 Å². The molecule has 0 aromatic heterocycles. The third-order valence-corrected chi connectivity index (χ3v) is 4.25. The van der Waals surface area contributed by atoms with E-state index in [4.69, 9.17) is 0 Å². The summed E-state index contributed by atoms with van der Waals surface area (Å²) >= 11 is 0. The molecule has 0 aromatic carbocycles. The maximum Gasteiger partial charge on any atom is 0.315 e. The highest BCUT2D eigenvalue weighted by atomic mass is 16.2. The first-order valence-electron chi connectivity index (χ1n) is 6.80. The van der Waals surface area contributed by atoms with Gasteiger partial charge in [-0.05, 0) is 37.5 Å². The van der Waals surface area contributed by atoms with Crippen molar-refractivity contribution in [3.63, 3.8) is 0 Å². The van der Waals surface area contributed by atoms with Crippen LogP contribution in [0.15, 0.2) is 0 Å². The average molecular weight is 224 g/mol. The molecule has 2 saturated carbocycles. The fourth-order valence-electron chi connectivity index (χ4n) is 2.71. The number of carbonyl (C=O) groups is 1. The van der Waals surface area contributed by atoms with E-state index >= 15 is 0 Å². The minimum absolute atomic E-state index is 0.0440. The van der Waals surface area contributed by atoms with Crippen molar-refractivity contribution in [2.45, 2.75) is 57.9 Å². The van der Waals surface area contributed by atoms with Gasteiger partial charge in [-0.1, -0.05) is 26.2 Å². The van der Waals surface area contributed by atoms with Crippen molar-refractivity contribution in [2.24, 2.45) is 11.8 Å². The largest absolute Gasteiger partial charge is 0.338 e. The highest BCUT2D eigenvalue weighted by molar-refractivity contribution is 5.74. The monoisotopic (exact) mass is 224 g/mol. The topological polar surface area (TPSA) is 41.1 Å². The SMILES string of the molecule is CC1CCCCC1CNC(=O)NC1CCC1. The summed E-state index contributed by atoms with van der Waals surface area (Å²) in [5.41, 5.74) is 0. The van der Waals surface area contributed by atoms with Gasteiger partial charge in [0.1, 0.15) is 0 Å². The summed E-state index contributed by atoms with van der Waals surface area (Å²) < 4.78 is 0. The summed E-state index contributed by atoms with van der Waals surface area (Å²) in [5.74, 6) is 1.47. The van der Waals surface area contributed by atoms with Gasteiger partial charge in [-0.3, -0.25) is 0 Å². The molecular weight excluding hydrogens is 200 g/mol. The third-order valence-electron chi connectivity index (χ3n) is 4.25. The van der Waals surface area contributed by atoms with E-state index in [0.29, 0.717) is 12.0 Å². The molecular formula is C13H24N2O. The Hall–Kier alpha value is -0.730. The molecule has 3 heteroatoms. The van der Waals surface area contributed by atoms with Crippen molar-refractivity contribution in [2.75, 3.05) is 6.54 Å². The Bertz CT molecular complexity index is 238. The third kappa shape index (κ3) is 3.13. The van der Waals surface area contributed by atoms with Crippen LogP contribution in [0.25, 0.3) is 0 Å². The molecule has 3 nitrogen and oxygen atoms in total. The fraction of sp³-hybridized carbons (Fsp3) is 0.923. The van der Waals surface area contributed by atoms with Gasteiger partial charge < -0.3 is 10.6 Å². The Morgan fingerprint density at radius 2 is 1.88 bits per heavy atom. The molecule has 2 fully saturated rings. The van der Waals surface area contributed by atoms with E-state index in [2.05, 4.69) is 17.6 Å². The van der Waals surface area contributed by atoms with Crippen LogP contribution in [0.1, 0.15) is 51.9 Å². The number of urea groups is 1. The van der Waals surface area contributed by atoms with Crippen molar-refractivity contribution in [1.82, 2.24) is 10.6 Å². The minimum Gasteiger partial charge on any atom is -0.338 e. The highest BCUT2D eigenvalue weighted by Crippen LogP contribution is 2.28. The van der Waals surface area contributed by atoms with Crippen molar-refractivity contribution < 1.29 is 4.79 Å². The standard InChI is InChI=1S/C13H24N2O/c1-10-5-2-3-6-11(10)9-14-13(16)15-12-7-4-8-12/h10-12H,2-9H2,1H3,(H2,14,15,16). The molecule has 92 valence electrons. The Balaban J connectivity index is 1.63. The maximum absolute atomic E-state index is 11.6. The van der Waals surface area contributed by atoms with Crippen molar-refractivity contribution in [3.8, 4) is 0 Å². The second-order valence-electron chi connectivity index (χ2n) is 5.50. The number of hydrogen-bond donors (Lipinski definition) is 2. The van der Waals surface area contributed by atoms with Crippen LogP contribution in [0.5, 0.6) is 0 Å². The second kappa shape index (κ2) is 5.55. The van der Waals surface area contributed by atoms with Gasteiger partial charge in [0.2, 0.25) is 0 Å². The molecule has 2 rings (SSSR count). The maximum atomic E-state index is 11.6. The molecule has 2 N–H and O–H groups in total. The lowest BCUT2D eigenvalue weighted by molar-refractivity contribution is 0.214. The molecule has 0 radical (unpaired) electrons. The molecule has 0 spiro atoms. The molecule has 16 heavy (non-hydrogen) atoms. The van der Waals surface area contributed by atoms with Gasteiger partial charge in [-0.2, -0.15) is 0 Å². The Morgan fingerprint density at radius 3 is 2.50 bits per heavy atom. The molecule has 2 atom stereocenters. The van der Waals surface area contributed by atoms with E-state index in [1.165, 1.54) is 32.1 Å². The molecule has 2 aliphatic rings. The van der Waals surface area contributed by atoms with Crippen LogP contribution in [0.4, 0.5) is 4.79 Å². The summed E-state index contributed by atoms with van der Waals surface area (Å²) in [6.07, 6.45) is 8.90. The quantitative estimate of drug-likeness (QED) is 0.760. The number of rotatable bonds is 3. The smallest absolute Gasteiger partial charge is 0.315 e. The zero-order valence-electron chi connectivity index (χ0n) is 10.3. The van der Waals surface area contributed by atoms with Crippen LogP contribution < -0.4 is 10.6 Å². The molecule has 0 aliphatic heterocycles. The van der Waals surface area contributed by atoms with Crippen molar-refractivity contribution in [1.29, 1.82) is 0 Å². The van der Waals surface area contributed by atoms with Crippen LogP contribution in [-0.4, -0.2) is 18.6 Å². The molecule has 2 amide bonds. The normalized spacial score (nSPS) is 30.6. The van der Waals surface area contributed by atoms with Crippen LogP contribution in [0.3, 0.4) is 0 Å². The Morgan fingerprint density at radius 1 is 1.12 bits per heavy atom. The lowest BCUT2D eigenvalue weighted by Crippen LogP contribution is -2.46. The van der Waals surface area contributed by atoms with Crippen LogP contribution in [-0.2, 0) is 0 Å². The molecule has 2 aliphatic carbocycles. The van der Waals surface area contributed by atoms with Crippen molar-refractivity contribution in [3.05, 3.63) is 0 Å². The summed E-state index contributed by atoms with van der Waals surface area (Å²) in [4.78, 5) is 11.6. The number of carbonyl (C=O) groups excluding carboxylic acids is 1. The Kier molecular flexibility index (Phi) is 4.08. The van der Waals surface area contributed by atoms with Gasteiger partial charge in [0, 0.05) is 12.6 Å². The minimum atomic E-state index is 0.0440. The Labute approximate surface area is 98.4 Å².